The van der Waals surface area contributed by atoms with E-state index in [-0.39, 0.29) is 72.1 Å². The largest absolute Gasteiger partial charge is 1.00 e. The van der Waals surface area contributed by atoms with Crippen LogP contribution < -0.4 is 68.9 Å². The molecule has 0 rings (SSSR count). The van der Waals surface area contributed by atoms with Gasteiger partial charge in [0, 0.05) is 6.42 Å². The third-order valence-corrected chi connectivity index (χ3v) is 5.06. The van der Waals surface area contributed by atoms with Gasteiger partial charge in [0.25, 0.3) is 0 Å². The molecule has 1 atom stereocenters. The number of rotatable bonds is 20. The molecule has 10 heteroatoms. The summed E-state index contributed by atoms with van der Waals surface area (Å²) in [5, 5.41) is 9.35. The zero-order valence-corrected chi connectivity index (χ0v) is 24.3. The number of hydrogen-bond donors (Lipinski definition) is 1. The van der Waals surface area contributed by atoms with Gasteiger partial charge in [0.2, 0.25) is 0 Å². The molecule has 0 aromatic carbocycles. The maximum atomic E-state index is 11.5. The van der Waals surface area contributed by atoms with E-state index in [1.54, 1.807) is 0 Å². The van der Waals surface area contributed by atoms with Crippen LogP contribution in [0.1, 0.15) is 103 Å². The van der Waals surface area contributed by atoms with Crippen molar-refractivity contribution in [1.29, 1.82) is 0 Å². The van der Waals surface area contributed by atoms with E-state index in [9.17, 15) is 24.3 Å². The van der Waals surface area contributed by atoms with E-state index in [1.165, 1.54) is 70.6 Å². The molecule has 0 heterocycles. The predicted octanol–water partition coefficient (Wildman–Crippen LogP) is -2.38. The Hall–Kier alpha value is 1.54. The third kappa shape index (κ3) is 29.5. The third-order valence-electron chi connectivity index (χ3n) is 4.60. The molecule has 0 aliphatic carbocycles. The van der Waals surface area contributed by atoms with Gasteiger partial charge in [-0.3, -0.25) is 4.79 Å². The van der Waals surface area contributed by atoms with Gasteiger partial charge >= 0.3 is 65.1 Å². The van der Waals surface area contributed by atoms with Crippen molar-refractivity contribution < 1.29 is 92.6 Å². The fraction of sp³-hybridized carbons (Fsp3) is 0.950. The summed E-state index contributed by atoms with van der Waals surface area (Å²) in [7, 11) is -5.11. The average Bonchev–Trinajstić information content (AvgIpc) is 2.64. The molecule has 1 N–H and O–H groups in total. The van der Waals surface area contributed by atoms with Crippen molar-refractivity contribution in [2.24, 2.45) is 0 Å². The van der Waals surface area contributed by atoms with Crippen LogP contribution >= 0.6 is 7.82 Å². The van der Waals surface area contributed by atoms with E-state index in [0.717, 1.165) is 19.3 Å². The van der Waals surface area contributed by atoms with Crippen molar-refractivity contribution in [3.63, 3.8) is 0 Å². The first-order valence-electron chi connectivity index (χ1n) is 10.9. The maximum Gasteiger partial charge on any atom is 1.00 e. The Morgan fingerprint density at radius 1 is 0.800 bits per heavy atom. The monoisotopic (exact) mass is 468 g/mol. The summed E-state index contributed by atoms with van der Waals surface area (Å²) in [5.41, 5.74) is 0. The van der Waals surface area contributed by atoms with E-state index in [2.05, 4.69) is 11.4 Å². The molecule has 0 unspecified atom stereocenters. The molecule has 30 heavy (non-hydrogen) atoms. The topological polar surface area (TPSA) is 119 Å². The van der Waals surface area contributed by atoms with E-state index in [4.69, 9.17) is 4.74 Å². The van der Waals surface area contributed by atoms with Crippen molar-refractivity contribution >= 4 is 13.8 Å². The molecule has 0 radical (unpaired) electrons. The molecule has 0 saturated heterocycles. The zero-order valence-electron chi connectivity index (χ0n) is 19.4. The maximum absolute atomic E-state index is 11.5. The molecular weight excluding hydrogens is 429 g/mol. The molecule has 0 spiro atoms. The Morgan fingerprint density at radius 2 is 1.20 bits per heavy atom. The Morgan fingerprint density at radius 3 is 1.60 bits per heavy atom. The summed E-state index contributed by atoms with van der Waals surface area (Å²) in [4.78, 5) is 32.0. The van der Waals surface area contributed by atoms with E-state index < -0.39 is 26.5 Å². The molecule has 168 valence electrons. The number of aliphatic hydroxyl groups is 1. The van der Waals surface area contributed by atoms with Crippen molar-refractivity contribution in [1.82, 2.24) is 0 Å². The summed E-state index contributed by atoms with van der Waals surface area (Å²) < 4.78 is 19.0. The van der Waals surface area contributed by atoms with Crippen molar-refractivity contribution in [3.8, 4) is 0 Å². The minimum Gasteiger partial charge on any atom is -0.790 e. The number of carbonyl (C=O) groups excluding carboxylic acids is 1. The fourth-order valence-electron chi connectivity index (χ4n) is 2.95. The molecule has 7 nitrogen and oxygen atoms in total. The smallest absolute Gasteiger partial charge is 0.790 e. The standard InChI is InChI=1S/C20H41O7P.2Na/c1-2-3-4-5-6-7-8-9-10-11-12-13-14-15-16-20(22)26-17-19(21)18-27-28(23,24)25;;/h19,21H,2-18H2,1H3,(H2,23,24,25);;/q;2*+1/p-2/t19-;;/m1../s1. The summed E-state index contributed by atoms with van der Waals surface area (Å²) in [5.74, 6) is -0.439. The Balaban J connectivity index is -0.00000364. The van der Waals surface area contributed by atoms with Gasteiger partial charge in [0.05, 0.1) is 14.4 Å². The number of carbonyl (C=O) groups is 1. The molecule has 0 aliphatic rings. The van der Waals surface area contributed by atoms with E-state index in [1.807, 2.05) is 0 Å². The van der Waals surface area contributed by atoms with Crippen LogP contribution in [0.2, 0.25) is 0 Å². The molecular formula is C20H39Na2O7P. The number of aliphatic hydroxyl groups excluding tert-OH is 1. The van der Waals surface area contributed by atoms with Gasteiger partial charge in [-0.25, -0.2) is 0 Å². The summed E-state index contributed by atoms with van der Waals surface area (Å²) in [6.45, 7) is 1.17. The van der Waals surface area contributed by atoms with Crippen LogP contribution in [-0.4, -0.2) is 30.4 Å². The van der Waals surface area contributed by atoms with Crippen LogP contribution in [0.25, 0.3) is 0 Å². The summed E-state index contributed by atoms with van der Waals surface area (Å²) >= 11 is 0. The second-order valence-electron chi connectivity index (χ2n) is 7.43. The number of hydrogen-bond acceptors (Lipinski definition) is 7. The predicted molar refractivity (Wildman–Crippen MR) is 105 cm³/mol. The number of phosphoric acid groups is 1. The Bertz CT molecular complexity index is 422. The number of unbranched alkanes of at least 4 members (excludes halogenated alkanes) is 13. The van der Waals surface area contributed by atoms with Gasteiger partial charge in [-0.1, -0.05) is 90.4 Å². The minimum atomic E-state index is -5.11. The van der Waals surface area contributed by atoms with Crippen LogP contribution in [0.4, 0.5) is 0 Å². The first-order valence-corrected chi connectivity index (χ1v) is 12.3. The van der Waals surface area contributed by atoms with E-state index >= 15 is 0 Å². The normalized spacial score (nSPS) is 12.0. The van der Waals surface area contributed by atoms with Gasteiger partial charge in [0.15, 0.2) is 0 Å². The first kappa shape index (κ1) is 36.1. The quantitative estimate of drug-likeness (QED) is 0.0917. The van der Waals surface area contributed by atoms with Crippen molar-refractivity contribution in [2.45, 2.75) is 109 Å². The second kappa shape index (κ2) is 25.2. The Labute approximate surface area is 227 Å². The molecule has 0 aromatic rings. The van der Waals surface area contributed by atoms with Crippen LogP contribution in [0.15, 0.2) is 0 Å². The van der Waals surface area contributed by atoms with Gasteiger partial charge in [-0.05, 0) is 6.42 Å². The molecule has 0 fully saturated rings. The number of ether oxygens (including phenoxy) is 1. The van der Waals surface area contributed by atoms with Crippen LogP contribution in [0, 0.1) is 0 Å². The minimum absolute atomic E-state index is 0. The van der Waals surface area contributed by atoms with Gasteiger partial charge in [-0.2, -0.15) is 0 Å². The van der Waals surface area contributed by atoms with Crippen molar-refractivity contribution in [2.75, 3.05) is 13.2 Å². The summed E-state index contributed by atoms with van der Waals surface area (Å²) in [6.07, 6.45) is 16.3. The molecule has 0 bridgehead atoms. The van der Waals surface area contributed by atoms with Crippen LogP contribution in [0.5, 0.6) is 0 Å². The number of esters is 1. The first-order chi connectivity index (χ1) is 13.3. The molecule has 0 amide bonds. The van der Waals surface area contributed by atoms with Crippen LogP contribution in [0.3, 0.4) is 0 Å². The van der Waals surface area contributed by atoms with Gasteiger partial charge in [0.1, 0.15) is 12.7 Å². The molecule has 0 aliphatic heterocycles. The number of phosphoric ester groups is 1. The van der Waals surface area contributed by atoms with Gasteiger partial charge < -0.3 is 28.7 Å². The van der Waals surface area contributed by atoms with Crippen LogP contribution in [-0.2, 0) is 18.6 Å². The average molecular weight is 468 g/mol. The van der Waals surface area contributed by atoms with Crippen molar-refractivity contribution in [3.05, 3.63) is 0 Å². The Kier molecular flexibility index (Phi) is 30.3. The zero-order chi connectivity index (χ0) is 21.1. The SMILES string of the molecule is CCCCCCCCCCCCCCCCC(=O)OC[C@@H](O)COP(=O)([O-])[O-].[Na+].[Na+]. The summed E-state index contributed by atoms with van der Waals surface area (Å²) in [6, 6.07) is 0. The fourth-order valence-corrected chi connectivity index (χ4v) is 3.31. The van der Waals surface area contributed by atoms with E-state index in [0.29, 0.717) is 0 Å². The molecule has 0 aromatic heterocycles. The van der Waals surface area contributed by atoms with Gasteiger partial charge in [-0.15, -0.1) is 0 Å². The molecule has 0 saturated carbocycles. The second-order valence-corrected chi connectivity index (χ2v) is 8.58.